The zero-order valence-corrected chi connectivity index (χ0v) is 13.5. The summed E-state index contributed by atoms with van der Waals surface area (Å²) in [4.78, 5) is 18.0. The Kier molecular flexibility index (Phi) is 3.63. The second kappa shape index (κ2) is 5.81. The van der Waals surface area contributed by atoms with Crippen LogP contribution in [0.25, 0.3) is 0 Å². The zero-order chi connectivity index (χ0) is 16.7. The van der Waals surface area contributed by atoms with Gasteiger partial charge in [-0.2, -0.15) is 4.98 Å². The molecule has 0 radical (unpaired) electrons. The van der Waals surface area contributed by atoms with Gasteiger partial charge in [-0.1, -0.05) is 11.6 Å². The van der Waals surface area contributed by atoms with Crippen molar-refractivity contribution in [3.05, 3.63) is 34.6 Å². The number of anilines is 1. The number of ether oxygens (including phenoxy) is 1. The average molecular weight is 329 g/mol. The number of methoxy groups -OCH3 is 1. The first kappa shape index (κ1) is 15.0. The molecule has 0 saturated heterocycles. The Morgan fingerprint density at radius 2 is 2.21 bits per heavy atom. The van der Waals surface area contributed by atoms with Gasteiger partial charge < -0.3 is 19.3 Å². The van der Waals surface area contributed by atoms with Crippen molar-refractivity contribution < 1.29 is 19.2 Å². The Labute approximate surface area is 139 Å². The van der Waals surface area contributed by atoms with Crippen LogP contribution < -0.4 is 9.64 Å². The van der Waals surface area contributed by atoms with Gasteiger partial charge in [-0.05, 0) is 37.0 Å². The molecule has 0 bridgehead atoms. The minimum Gasteiger partial charge on any atom is -0.496 e. The molecule has 1 aromatic heterocycles. The summed E-state index contributed by atoms with van der Waals surface area (Å²) in [5.74, 6) is 0.992. The molecule has 0 unspecified atom stereocenters. The largest absolute Gasteiger partial charge is 0.496 e. The maximum Gasteiger partial charge on any atom is 0.335 e. The van der Waals surface area contributed by atoms with Gasteiger partial charge in [-0.3, -0.25) is 0 Å². The highest BCUT2D eigenvalue weighted by atomic mass is 16.5. The molecular weight excluding hydrogens is 310 g/mol. The van der Waals surface area contributed by atoms with Crippen LogP contribution in [0.5, 0.6) is 5.75 Å². The van der Waals surface area contributed by atoms with E-state index in [2.05, 4.69) is 10.1 Å². The van der Waals surface area contributed by atoms with Gasteiger partial charge in [0, 0.05) is 18.0 Å². The molecule has 1 N–H and O–H groups in total. The Balaban J connectivity index is 1.64. The molecule has 24 heavy (non-hydrogen) atoms. The van der Waals surface area contributed by atoms with Gasteiger partial charge in [0.25, 0.3) is 0 Å². The number of carbonyl (C=O) groups is 1. The summed E-state index contributed by atoms with van der Waals surface area (Å²) < 4.78 is 10.9. The van der Waals surface area contributed by atoms with E-state index in [1.54, 1.807) is 19.2 Å². The quantitative estimate of drug-likeness (QED) is 0.922. The first-order chi connectivity index (χ1) is 11.7. The summed E-state index contributed by atoms with van der Waals surface area (Å²) >= 11 is 0. The van der Waals surface area contributed by atoms with Crippen molar-refractivity contribution in [1.82, 2.24) is 10.1 Å². The SMILES string of the molecule is COc1ccc(C(=O)O)c2c1CN(c1nc(C3CCC3)no1)CC2. The molecule has 7 heteroatoms. The van der Waals surface area contributed by atoms with Crippen molar-refractivity contribution in [3.8, 4) is 5.75 Å². The third kappa shape index (κ3) is 2.40. The highest BCUT2D eigenvalue weighted by Crippen LogP contribution is 2.36. The fraction of sp³-hybridized carbons (Fsp3) is 0.471. The van der Waals surface area contributed by atoms with Crippen molar-refractivity contribution in [1.29, 1.82) is 0 Å². The molecule has 0 amide bonds. The number of carboxylic acids is 1. The summed E-state index contributed by atoms with van der Waals surface area (Å²) in [7, 11) is 1.59. The smallest absolute Gasteiger partial charge is 0.335 e. The predicted molar refractivity (Wildman–Crippen MR) is 85.6 cm³/mol. The fourth-order valence-electron chi connectivity index (χ4n) is 3.39. The summed E-state index contributed by atoms with van der Waals surface area (Å²) in [5, 5.41) is 13.5. The van der Waals surface area contributed by atoms with E-state index < -0.39 is 5.97 Å². The molecule has 2 aliphatic rings. The van der Waals surface area contributed by atoms with Crippen LogP contribution in [0.1, 0.15) is 52.5 Å². The van der Waals surface area contributed by atoms with Crippen LogP contribution in [0.3, 0.4) is 0 Å². The summed E-state index contributed by atoms with van der Waals surface area (Å²) in [6.07, 6.45) is 4.07. The third-order valence-electron chi connectivity index (χ3n) is 4.99. The standard InChI is InChI=1S/C17H19N3O4/c1-23-14-6-5-12(16(21)22)11-7-8-20(9-13(11)14)17-18-15(19-24-17)10-3-2-4-10/h5-6,10H,2-4,7-9H2,1H3,(H,21,22). The van der Waals surface area contributed by atoms with Gasteiger partial charge in [0.2, 0.25) is 0 Å². The van der Waals surface area contributed by atoms with Crippen LogP contribution >= 0.6 is 0 Å². The van der Waals surface area contributed by atoms with Crippen LogP contribution in [0.4, 0.5) is 6.01 Å². The summed E-state index contributed by atoms with van der Waals surface area (Å²) in [5.41, 5.74) is 2.05. The van der Waals surface area contributed by atoms with Crippen molar-refractivity contribution in [2.45, 2.75) is 38.1 Å². The minimum atomic E-state index is -0.910. The normalized spacial score (nSPS) is 17.3. The lowest BCUT2D eigenvalue weighted by Gasteiger charge is -2.29. The molecule has 4 rings (SSSR count). The molecule has 126 valence electrons. The first-order valence-corrected chi connectivity index (χ1v) is 8.18. The number of aromatic carboxylic acids is 1. The van der Waals surface area contributed by atoms with Crippen LogP contribution in [-0.2, 0) is 13.0 Å². The first-order valence-electron chi connectivity index (χ1n) is 8.18. The molecule has 1 fully saturated rings. The second-order valence-electron chi connectivity index (χ2n) is 6.31. The van der Waals surface area contributed by atoms with Gasteiger partial charge in [-0.15, -0.1) is 0 Å². The second-order valence-corrected chi connectivity index (χ2v) is 6.31. The molecular formula is C17H19N3O4. The molecule has 1 aliphatic carbocycles. The zero-order valence-electron chi connectivity index (χ0n) is 13.5. The van der Waals surface area contributed by atoms with E-state index in [1.807, 2.05) is 4.90 Å². The Hall–Kier alpha value is -2.57. The van der Waals surface area contributed by atoms with Crippen molar-refractivity contribution in [2.75, 3.05) is 18.6 Å². The monoisotopic (exact) mass is 329 g/mol. The Bertz CT molecular complexity index is 782. The summed E-state index contributed by atoms with van der Waals surface area (Å²) in [6.45, 7) is 1.15. The molecule has 2 aromatic rings. The van der Waals surface area contributed by atoms with Gasteiger partial charge in [0.15, 0.2) is 5.82 Å². The lowest BCUT2D eigenvalue weighted by molar-refractivity contribution is 0.0695. The van der Waals surface area contributed by atoms with E-state index in [0.29, 0.717) is 42.8 Å². The van der Waals surface area contributed by atoms with Gasteiger partial charge in [0.1, 0.15) is 5.75 Å². The topological polar surface area (TPSA) is 88.7 Å². The van der Waals surface area contributed by atoms with Crippen molar-refractivity contribution >= 4 is 12.0 Å². The third-order valence-corrected chi connectivity index (χ3v) is 4.99. The number of nitrogens with zero attached hydrogens (tertiary/aromatic N) is 3. The van der Waals surface area contributed by atoms with Crippen LogP contribution in [0.2, 0.25) is 0 Å². The maximum absolute atomic E-state index is 11.4. The number of aromatic nitrogens is 2. The van der Waals surface area contributed by atoms with E-state index in [9.17, 15) is 9.90 Å². The van der Waals surface area contributed by atoms with E-state index >= 15 is 0 Å². The molecule has 2 heterocycles. The number of benzene rings is 1. The number of hydrogen-bond donors (Lipinski definition) is 1. The lowest BCUT2D eigenvalue weighted by atomic mass is 9.85. The predicted octanol–water partition coefficient (Wildman–Crippen LogP) is 2.61. The van der Waals surface area contributed by atoms with E-state index in [-0.39, 0.29) is 0 Å². The average Bonchev–Trinajstić information content (AvgIpc) is 3.00. The van der Waals surface area contributed by atoms with Crippen LogP contribution in [-0.4, -0.2) is 34.9 Å². The summed E-state index contributed by atoms with van der Waals surface area (Å²) in [6, 6.07) is 3.82. The molecule has 0 atom stereocenters. The Morgan fingerprint density at radius 3 is 2.88 bits per heavy atom. The molecule has 1 aromatic carbocycles. The van der Waals surface area contributed by atoms with E-state index in [0.717, 1.165) is 29.8 Å². The number of rotatable bonds is 4. The van der Waals surface area contributed by atoms with Crippen LogP contribution in [0.15, 0.2) is 16.7 Å². The van der Waals surface area contributed by atoms with Gasteiger partial charge >= 0.3 is 12.0 Å². The van der Waals surface area contributed by atoms with E-state index in [4.69, 9.17) is 9.26 Å². The molecule has 1 aliphatic heterocycles. The Morgan fingerprint density at radius 1 is 1.38 bits per heavy atom. The van der Waals surface area contributed by atoms with E-state index in [1.165, 1.54) is 6.42 Å². The van der Waals surface area contributed by atoms with Crippen LogP contribution in [0, 0.1) is 0 Å². The highest BCUT2D eigenvalue weighted by molar-refractivity contribution is 5.90. The number of hydrogen-bond acceptors (Lipinski definition) is 6. The number of carboxylic acid groups (broad SMARTS) is 1. The van der Waals surface area contributed by atoms with Gasteiger partial charge in [0.05, 0.1) is 19.2 Å². The molecule has 7 nitrogen and oxygen atoms in total. The lowest BCUT2D eigenvalue weighted by Crippen LogP contribution is -2.32. The molecule has 0 spiro atoms. The van der Waals surface area contributed by atoms with Crippen molar-refractivity contribution in [2.24, 2.45) is 0 Å². The van der Waals surface area contributed by atoms with Gasteiger partial charge in [-0.25, -0.2) is 4.79 Å². The van der Waals surface area contributed by atoms with Crippen molar-refractivity contribution in [3.63, 3.8) is 0 Å². The maximum atomic E-state index is 11.4. The molecule has 1 saturated carbocycles. The number of fused-ring (bicyclic) bond motifs is 1. The fourth-order valence-corrected chi connectivity index (χ4v) is 3.39. The highest BCUT2D eigenvalue weighted by Gasteiger charge is 2.29. The minimum absolute atomic E-state index is 0.339.